The van der Waals surface area contributed by atoms with Crippen molar-refractivity contribution in [3.05, 3.63) is 261 Å². The molecule has 0 fully saturated rings. The summed E-state index contributed by atoms with van der Waals surface area (Å²) in [5.74, 6) is 3.24. The van der Waals surface area contributed by atoms with Crippen molar-refractivity contribution in [1.29, 1.82) is 0 Å². The molecule has 0 bridgehead atoms. The van der Waals surface area contributed by atoms with Gasteiger partial charge in [-0.2, -0.15) is 0 Å². The molecule has 2 unspecified atom stereocenters. The van der Waals surface area contributed by atoms with Crippen molar-refractivity contribution in [3.8, 4) is 124 Å². The summed E-state index contributed by atoms with van der Waals surface area (Å²) in [4.78, 5) is 23.6. The summed E-state index contributed by atoms with van der Waals surface area (Å²) >= 11 is 0. The molecule has 0 N–H and O–H groups in total. The van der Waals surface area contributed by atoms with Crippen molar-refractivity contribution in [3.63, 3.8) is 0 Å². The first-order valence-electron chi connectivity index (χ1n) is 24.7. The van der Waals surface area contributed by atoms with E-state index in [0.29, 0.717) is 23.2 Å². The van der Waals surface area contributed by atoms with Crippen LogP contribution in [-0.4, -0.2) is 37.1 Å². The Labute approximate surface area is 429 Å². The second-order valence-corrected chi connectivity index (χ2v) is 18.4. The highest BCUT2D eigenvalue weighted by Gasteiger charge is 2.33. The van der Waals surface area contributed by atoms with Crippen LogP contribution in [0.15, 0.2) is 261 Å². The molecule has 350 valence electrons. The van der Waals surface area contributed by atoms with E-state index in [1.165, 1.54) is 0 Å². The van der Waals surface area contributed by atoms with E-state index >= 15 is 0 Å². The lowest BCUT2D eigenvalue weighted by atomic mass is 9.92. The molecule has 2 aliphatic rings. The molecule has 0 spiro atoms. The van der Waals surface area contributed by atoms with Gasteiger partial charge in [0.25, 0.3) is 0 Å². The molecule has 0 saturated heterocycles. The number of aromatic nitrogens is 5. The van der Waals surface area contributed by atoms with Crippen molar-refractivity contribution in [2.45, 2.75) is 12.2 Å². The smallest absolute Gasteiger partial charge is 0.170 e. The highest BCUT2D eigenvalue weighted by molar-refractivity contribution is 5.86. The van der Waals surface area contributed by atoms with Crippen LogP contribution < -0.4 is 9.47 Å². The van der Waals surface area contributed by atoms with Gasteiger partial charge in [-0.25, -0.2) is 15.0 Å². The number of fused-ring (bicyclic) bond motifs is 2. The molecule has 4 heterocycles. The van der Waals surface area contributed by atoms with Gasteiger partial charge in [0, 0.05) is 52.6 Å². The molecule has 13 rings (SSSR count). The van der Waals surface area contributed by atoms with Gasteiger partial charge in [-0.1, -0.05) is 164 Å². The summed E-state index contributed by atoms with van der Waals surface area (Å²) in [6.45, 7) is 0. The lowest BCUT2D eigenvalue weighted by Gasteiger charge is -2.34. The van der Waals surface area contributed by atoms with Crippen LogP contribution in [0.4, 0.5) is 0 Å². The number of ether oxygens (including phenoxy) is 2. The molecule has 8 aromatic carbocycles. The number of allylic oxidation sites excluding steroid dienone is 2. The Bertz CT molecular complexity index is 3810. The molecule has 1 aliphatic carbocycles. The van der Waals surface area contributed by atoms with Crippen molar-refractivity contribution < 1.29 is 9.47 Å². The summed E-state index contributed by atoms with van der Waals surface area (Å²) in [7, 11) is 0. The summed E-state index contributed by atoms with van der Waals surface area (Å²) in [6.07, 6.45) is 15.0. The van der Waals surface area contributed by atoms with Crippen LogP contribution in [0.2, 0.25) is 0 Å². The second-order valence-electron chi connectivity index (χ2n) is 18.4. The van der Waals surface area contributed by atoms with Crippen molar-refractivity contribution in [1.82, 2.24) is 24.9 Å². The SMILES string of the molecule is C1=CC2Oc3c(-c4ccc(-c5ccc(-c6cc(-c7ccncc7)cc(-c7ccncc7)c6)cc5)cc4)ccc(-c4ccc(-c5nc(-c6ccccc6)nc(-c6cccc(-c7ccccc7)c6)n5)cc4)c3OC2C=C1. The lowest BCUT2D eigenvalue weighted by molar-refractivity contribution is 0.0769. The Balaban J connectivity index is 0.808. The van der Waals surface area contributed by atoms with Crippen molar-refractivity contribution in [2.24, 2.45) is 0 Å². The van der Waals surface area contributed by atoms with Gasteiger partial charge in [0.2, 0.25) is 0 Å². The molecule has 2 atom stereocenters. The fourth-order valence-electron chi connectivity index (χ4n) is 9.83. The maximum absolute atomic E-state index is 6.87. The predicted octanol–water partition coefficient (Wildman–Crippen LogP) is 16.0. The Kier molecular flexibility index (Phi) is 11.6. The van der Waals surface area contributed by atoms with Gasteiger partial charge in [0.15, 0.2) is 41.2 Å². The third-order valence-electron chi connectivity index (χ3n) is 13.7. The highest BCUT2D eigenvalue weighted by atomic mass is 16.6. The first kappa shape index (κ1) is 44.1. The van der Waals surface area contributed by atoms with Gasteiger partial charge in [0.1, 0.15) is 0 Å². The van der Waals surface area contributed by atoms with Crippen LogP contribution in [0.1, 0.15) is 0 Å². The van der Waals surface area contributed by atoms with Crippen molar-refractivity contribution >= 4 is 0 Å². The average molecular weight is 952 g/mol. The number of nitrogens with zero attached hydrogens (tertiary/aromatic N) is 5. The fraction of sp³-hybridized carbons (Fsp3) is 0.0299. The Morgan fingerprint density at radius 2 is 0.581 bits per heavy atom. The van der Waals surface area contributed by atoms with Crippen LogP contribution in [0.3, 0.4) is 0 Å². The highest BCUT2D eigenvalue weighted by Crippen LogP contribution is 2.49. The van der Waals surface area contributed by atoms with E-state index in [1.807, 2.05) is 73.3 Å². The second kappa shape index (κ2) is 19.4. The summed E-state index contributed by atoms with van der Waals surface area (Å²) in [5, 5.41) is 0. The third-order valence-corrected chi connectivity index (χ3v) is 13.7. The zero-order chi connectivity index (χ0) is 49.2. The van der Waals surface area contributed by atoms with Gasteiger partial charge in [-0.05, 0) is 140 Å². The normalized spacial score (nSPS) is 14.3. The van der Waals surface area contributed by atoms with Crippen molar-refractivity contribution in [2.75, 3.05) is 0 Å². The summed E-state index contributed by atoms with van der Waals surface area (Å²) in [5.41, 5.74) is 17.9. The molecule has 7 nitrogen and oxygen atoms in total. The van der Waals surface area contributed by atoms with E-state index in [-0.39, 0.29) is 12.2 Å². The van der Waals surface area contributed by atoms with Gasteiger partial charge in [-0.15, -0.1) is 0 Å². The van der Waals surface area contributed by atoms with E-state index in [1.54, 1.807) is 0 Å². The number of rotatable bonds is 10. The topological polar surface area (TPSA) is 82.9 Å². The molecule has 11 aromatic rings. The first-order chi connectivity index (χ1) is 36.6. The molecular formula is C67H45N5O2. The van der Waals surface area contributed by atoms with Crippen LogP contribution in [-0.2, 0) is 0 Å². The van der Waals surface area contributed by atoms with E-state index < -0.39 is 0 Å². The molecule has 0 amide bonds. The van der Waals surface area contributed by atoms with Gasteiger partial charge in [0.05, 0.1) is 0 Å². The van der Waals surface area contributed by atoms with Gasteiger partial charge < -0.3 is 9.47 Å². The third kappa shape index (κ3) is 8.84. The minimum absolute atomic E-state index is 0.252. The minimum Gasteiger partial charge on any atom is -0.478 e. The lowest BCUT2D eigenvalue weighted by Crippen LogP contribution is -2.38. The minimum atomic E-state index is -0.257. The summed E-state index contributed by atoms with van der Waals surface area (Å²) in [6, 6.07) is 73.9. The zero-order valence-corrected chi connectivity index (χ0v) is 40.0. The maximum Gasteiger partial charge on any atom is 0.170 e. The molecule has 0 radical (unpaired) electrons. The Morgan fingerprint density at radius 3 is 1.05 bits per heavy atom. The van der Waals surface area contributed by atoms with Gasteiger partial charge in [-0.3, -0.25) is 9.97 Å². The molecule has 74 heavy (non-hydrogen) atoms. The number of hydrogen-bond donors (Lipinski definition) is 0. The maximum atomic E-state index is 6.87. The van der Waals surface area contributed by atoms with E-state index in [4.69, 9.17) is 24.4 Å². The van der Waals surface area contributed by atoms with Crippen LogP contribution in [0.25, 0.3) is 112 Å². The Morgan fingerprint density at radius 1 is 0.257 bits per heavy atom. The molecular weight excluding hydrogens is 907 g/mol. The molecule has 0 saturated carbocycles. The zero-order valence-electron chi connectivity index (χ0n) is 40.0. The number of benzene rings is 8. The van der Waals surface area contributed by atoms with Crippen LogP contribution in [0, 0.1) is 0 Å². The molecule has 1 aliphatic heterocycles. The largest absolute Gasteiger partial charge is 0.478 e. The van der Waals surface area contributed by atoms with E-state index in [2.05, 4.69) is 198 Å². The first-order valence-corrected chi connectivity index (χ1v) is 24.7. The van der Waals surface area contributed by atoms with Crippen LogP contribution in [0.5, 0.6) is 11.5 Å². The average Bonchev–Trinajstić information content (AvgIpc) is 3.49. The monoisotopic (exact) mass is 951 g/mol. The Hall–Kier alpha value is -9.85. The number of pyridine rings is 2. The van der Waals surface area contributed by atoms with Gasteiger partial charge >= 0.3 is 0 Å². The molecule has 3 aromatic heterocycles. The molecule has 7 heteroatoms. The van der Waals surface area contributed by atoms with Crippen LogP contribution >= 0.6 is 0 Å². The standard InChI is InChI=1S/C67H45N5O2/c1-3-10-44(11-4-1)54-14-9-15-55(40-54)67-71-65(52-12-5-2-6-13-52)70-66(72-67)53-28-26-51(27-29-53)60-31-30-59(63-64(60)74-62-17-8-7-16-61(62)73-63)50-24-22-46(23-25-50)45-18-20-47(21-19-45)56-41-57(48-32-36-68-37-33-48)43-58(42-56)49-34-38-69-39-35-49/h1-43,61-62H. The summed E-state index contributed by atoms with van der Waals surface area (Å²) < 4.78 is 13.7. The number of hydrogen-bond acceptors (Lipinski definition) is 7. The van der Waals surface area contributed by atoms with E-state index in [0.717, 1.165) is 100 Å². The quantitative estimate of drug-likeness (QED) is 0.135. The fourth-order valence-corrected chi connectivity index (χ4v) is 9.83. The predicted molar refractivity (Wildman–Crippen MR) is 297 cm³/mol. The van der Waals surface area contributed by atoms with E-state index in [9.17, 15) is 0 Å².